The average molecular weight is 1330 g/mol. The maximum Gasteiger partial charge on any atom is 2.00 e. The molecule has 13 heteroatoms. The van der Waals surface area contributed by atoms with Crippen molar-refractivity contribution in [2.75, 3.05) is 26.4 Å². The van der Waals surface area contributed by atoms with E-state index < -0.39 is 58.1 Å². The van der Waals surface area contributed by atoms with Crippen molar-refractivity contribution in [1.29, 1.82) is 0 Å². The van der Waals surface area contributed by atoms with Gasteiger partial charge < -0.3 is 48.8 Å². The maximum atomic E-state index is 14.6. The van der Waals surface area contributed by atoms with Gasteiger partial charge in [0.15, 0.2) is 22.7 Å². The summed E-state index contributed by atoms with van der Waals surface area (Å²) >= 11 is 0. The standard InChI is InChI=1S/2C40H76O6.Mg/c2*1-6-11-16-21-22-23-24-27-32-40(37(42)36(38(43)46-40)44-33-28-19-14-9-4)39(31-26-18-13-8-3,45-34-29-20-15-10-5)35(41)30-25-17-12-7-2;/h2*35,41-42H,6-34H2,1-5H3;/q;;+2/p-2/t2*35?,39-,40-;/m00./s1. The van der Waals surface area contributed by atoms with Gasteiger partial charge in [-0.15, -0.1) is 0 Å². The van der Waals surface area contributed by atoms with Gasteiger partial charge in [0.05, 0.1) is 25.4 Å². The van der Waals surface area contributed by atoms with E-state index in [0.29, 0.717) is 65.0 Å². The maximum absolute atomic E-state index is 14.6. The fraction of sp³-hybridized carbons (Fsp3) is 0.925. The summed E-state index contributed by atoms with van der Waals surface area (Å²) in [6.45, 7) is 23.4. The molecule has 2 N–H and O–H groups in total. The Balaban J connectivity index is 0.00000180. The van der Waals surface area contributed by atoms with Crippen LogP contribution in [0.2, 0.25) is 0 Å². The van der Waals surface area contributed by atoms with E-state index in [1.54, 1.807) is 0 Å². The monoisotopic (exact) mass is 1330 g/mol. The van der Waals surface area contributed by atoms with Gasteiger partial charge in [-0.2, -0.15) is 0 Å². The molecule has 544 valence electrons. The Labute approximate surface area is 590 Å². The minimum absolute atomic E-state index is 0. The Morgan fingerprint density at radius 3 is 0.839 bits per heavy atom. The molecular formula is C80H150MgO12. The molecule has 2 unspecified atom stereocenters. The first kappa shape index (κ1) is 91.2. The van der Waals surface area contributed by atoms with Crippen LogP contribution >= 0.6 is 0 Å². The van der Waals surface area contributed by atoms with Gasteiger partial charge in [0.2, 0.25) is 0 Å². The Bertz CT molecular complexity index is 1700. The third-order valence-electron chi connectivity index (χ3n) is 19.9. The molecule has 0 aliphatic carbocycles. The van der Waals surface area contributed by atoms with Crippen LogP contribution in [0.1, 0.15) is 416 Å². The van der Waals surface area contributed by atoms with Gasteiger partial charge in [0.25, 0.3) is 0 Å². The van der Waals surface area contributed by atoms with E-state index in [2.05, 4.69) is 69.2 Å². The number of cyclic esters (lactones) is 2. The van der Waals surface area contributed by atoms with Crippen LogP contribution in [0, 0.1) is 0 Å². The number of hydrogen-bond donors (Lipinski definition) is 2. The Morgan fingerprint density at radius 1 is 0.333 bits per heavy atom. The minimum atomic E-state index is -1.56. The van der Waals surface area contributed by atoms with Crippen LogP contribution in [0.3, 0.4) is 0 Å². The number of esters is 2. The van der Waals surface area contributed by atoms with E-state index in [4.69, 9.17) is 28.4 Å². The van der Waals surface area contributed by atoms with Crippen molar-refractivity contribution >= 4 is 35.0 Å². The van der Waals surface area contributed by atoms with E-state index in [0.717, 1.165) is 244 Å². The molecule has 0 aromatic rings. The summed E-state index contributed by atoms with van der Waals surface area (Å²) in [4.78, 5) is 27.1. The van der Waals surface area contributed by atoms with E-state index in [-0.39, 0.29) is 34.6 Å². The normalized spacial score (nSPS) is 18.4. The predicted molar refractivity (Wildman–Crippen MR) is 385 cm³/mol. The predicted octanol–water partition coefficient (Wildman–Crippen LogP) is 20.9. The summed E-state index contributed by atoms with van der Waals surface area (Å²) in [5.74, 6) is -2.50. The van der Waals surface area contributed by atoms with Crippen molar-refractivity contribution in [2.45, 2.75) is 451 Å². The van der Waals surface area contributed by atoms with Crippen molar-refractivity contribution in [3.8, 4) is 0 Å². The zero-order chi connectivity index (χ0) is 67.9. The molecule has 2 aliphatic rings. The van der Waals surface area contributed by atoms with E-state index in [1.807, 2.05) is 0 Å². The molecule has 0 bridgehead atoms. The van der Waals surface area contributed by atoms with E-state index in [9.17, 15) is 30.0 Å². The number of ether oxygens (including phenoxy) is 6. The van der Waals surface area contributed by atoms with Crippen LogP contribution < -0.4 is 10.2 Å². The molecule has 0 radical (unpaired) electrons. The SMILES string of the molecule is CCCCCCCCCC[C@]1([C@@](CCCCCC)(OCCCCCC)C(O)CCCCCC)OC(=O)C(OCCCCCC)=C1[O-].CCCCCCCCCC[C@]1([C@@](CCCCCC)(OCCCCCC)C(O)CCCCCC)OC(=O)C(OCCCCCC)=C1[O-].[Mg+2]. The number of carbonyl (C=O) groups excluding carboxylic acids is 2. The van der Waals surface area contributed by atoms with Crippen molar-refractivity contribution < 1.29 is 58.4 Å². The molecule has 2 rings (SSSR count). The number of unbranched alkanes of at least 4 members (excludes halogenated alkanes) is 38. The summed E-state index contributed by atoms with van der Waals surface area (Å²) in [5.41, 5.74) is -5.71. The average Bonchev–Trinajstić information content (AvgIpc) is 1.64. The van der Waals surface area contributed by atoms with Crippen LogP contribution in [0.4, 0.5) is 0 Å². The largest absolute Gasteiger partial charge is 2.00 e. The molecule has 12 nitrogen and oxygen atoms in total. The molecule has 93 heavy (non-hydrogen) atoms. The van der Waals surface area contributed by atoms with Crippen LogP contribution in [-0.2, 0) is 38.0 Å². The van der Waals surface area contributed by atoms with Gasteiger partial charge in [0.1, 0.15) is 11.2 Å². The Hall–Kier alpha value is -1.77. The van der Waals surface area contributed by atoms with Gasteiger partial charge in [-0.1, -0.05) is 339 Å². The molecule has 0 amide bonds. The van der Waals surface area contributed by atoms with Crippen molar-refractivity contribution in [2.24, 2.45) is 0 Å². The molecule has 2 heterocycles. The quantitative estimate of drug-likeness (QED) is 0.0335. The first-order valence-corrected chi connectivity index (χ1v) is 40.0. The summed E-state index contributed by atoms with van der Waals surface area (Å²) in [6.07, 6.45) is 51.2. The van der Waals surface area contributed by atoms with E-state index in [1.165, 1.54) is 64.2 Å². The smallest absolute Gasteiger partial charge is 0.870 e. The molecular weight excluding hydrogens is 1180 g/mol. The first-order chi connectivity index (χ1) is 44.8. The Morgan fingerprint density at radius 2 is 0.559 bits per heavy atom. The van der Waals surface area contributed by atoms with Crippen molar-refractivity contribution in [3.63, 3.8) is 0 Å². The van der Waals surface area contributed by atoms with Gasteiger partial charge >= 0.3 is 35.0 Å². The topological polar surface area (TPSA) is 176 Å². The number of rotatable bonds is 66. The van der Waals surface area contributed by atoms with Gasteiger partial charge in [-0.05, 0) is 88.6 Å². The van der Waals surface area contributed by atoms with E-state index >= 15 is 0 Å². The molecule has 0 fully saturated rings. The van der Waals surface area contributed by atoms with Crippen LogP contribution in [0.5, 0.6) is 0 Å². The number of hydrogen-bond acceptors (Lipinski definition) is 12. The van der Waals surface area contributed by atoms with Gasteiger partial charge in [-0.3, -0.25) is 0 Å². The summed E-state index contributed by atoms with van der Waals surface area (Å²) in [6, 6.07) is 0. The summed E-state index contributed by atoms with van der Waals surface area (Å²) < 4.78 is 38.3. The van der Waals surface area contributed by atoms with Crippen LogP contribution in [0.15, 0.2) is 23.0 Å². The van der Waals surface area contributed by atoms with Gasteiger partial charge in [0, 0.05) is 13.2 Å². The Kier molecular flexibility index (Phi) is 58.0. The molecule has 0 aromatic heterocycles. The second kappa shape index (κ2) is 59.1. The second-order valence-corrected chi connectivity index (χ2v) is 28.0. The molecule has 2 aliphatic heterocycles. The van der Waals surface area contributed by atoms with Crippen molar-refractivity contribution in [3.05, 3.63) is 23.0 Å². The minimum Gasteiger partial charge on any atom is -0.870 e. The van der Waals surface area contributed by atoms with Crippen LogP contribution in [0.25, 0.3) is 0 Å². The van der Waals surface area contributed by atoms with Gasteiger partial charge in [-0.25, -0.2) is 9.59 Å². The second-order valence-electron chi connectivity index (χ2n) is 28.0. The third-order valence-corrected chi connectivity index (χ3v) is 19.9. The zero-order valence-electron chi connectivity index (χ0n) is 62.9. The first-order valence-electron chi connectivity index (χ1n) is 40.0. The fourth-order valence-corrected chi connectivity index (χ4v) is 14.1. The summed E-state index contributed by atoms with van der Waals surface area (Å²) in [7, 11) is 0. The molecule has 6 atom stereocenters. The molecule has 0 aromatic carbocycles. The van der Waals surface area contributed by atoms with Crippen molar-refractivity contribution in [1.82, 2.24) is 0 Å². The molecule has 0 saturated carbocycles. The number of carbonyl (C=O) groups is 2. The zero-order valence-corrected chi connectivity index (χ0v) is 64.3. The van der Waals surface area contributed by atoms with Crippen LogP contribution in [-0.4, -0.2) is 106 Å². The summed E-state index contributed by atoms with van der Waals surface area (Å²) in [5, 5.41) is 53.7. The molecule has 0 spiro atoms. The third kappa shape index (κ3) is 33.8. The molecule has 0 saturated heterocycles. The number of aliphatic hydroxyl groups is 2. The fourth-order valence-electron chi connectivity index (χ4n) is 14.1. The number of aliphatic hydroxyl groups excluding tert-OH is 2.